The summed E-state index contributed by atoms with van der Waals surface area (Å²) in [6.45, 7) is 2.05. The van der Waals surface area contributed by atoms with Crippen LogP contribution in [0, 0.1) is 0 Å². The van der Waals surface area contributed by atoms with E-state index in [-0.39, 0.29) is 0 Å². The zero-order valence-corrected chi connectivity index (χ0v) is 9.83. The van der Waals surface area contributed by atoms with Gasteiger partial charge in [-0.05, 0) is 24.1 Å². The topological polar surface area (TPSA) is 12.9 Å². The normalized spacial score (nSPS) is 11.6. The molecule has 0 fully saturated rings. The van der Waals surface area contributed by atoms with Crippen LogP contribution in [0.25, 0.3) is 11.3 Å². The number of benzene rings is 1. The number of pyridine rings is 1. The first-order valence-corrected chi connectivity index (χ1v) is 5.63. The number of aromatic nitrogens is 1. The van der Waals surface area contributed by atoms with Crippen molar-refractivity contribution in [3.8, 4) is 11.3 Å². The molecule has 2 aromatic rings. The largest absolute Gasteiger partial charge is 0.417 e. The quantitative estimate of drug-likeness (QED) is 0.774. The molecule has 0 aliphatic rings. The number of alkyl halides is 3. The monoisotopic (exact) mass is 251 g/mol. The highest BCUT2D eigenvalue weighted by molar-refractivity contribution is 5.59. The van der Waals surface area contributed by atoms with Gasteiger partial charge in [0, 0.05) is 11.8 Å². The second kappa shape index (κ2) is 4.80. The number of aryl methyl sites for hydroxylation is 1. The van der Waals surface area contributed by atoms with E-state index in [9.17, 15) is 13.2 Å². The Morgan fingerprint density at radius 1 is 1.00 bits per heavy atom. The minimum atomic E-state index is -4.34. The van der Waals surface area contributed by atoms with E-state index in [1.165, 1.54) is 11.6 Å². The average molecular weight is 251 g/mol. The van der Waals surface area contributed by atoms with E-state index in [4.69, 9.17) is 0 Å². The van der Waals surface area contributed by atoms with Crippen LogP contribution in [-0.2, 0) is 12.6 Å². The van der Waals surface area contributed by atoms with Crippen molar-refractivity contribution in [3.63, 3.8) is 0 Å². The Morgan fingerprint density at radius 3 is 2.11 bits per heavy atom. The molecule has 1 aromatic carbocycles. The number of rotatable bonds is 2. The summed E-state index contributed by atoms with van der Waals surface area (Å²) in [4.78, 5) is 3.85. The third kappa shape index (κ3) is 2.70. The van der Waals surface area contributed by atoms with Gasteiger partial charge in [0.2, 0.25) is 0 Å². The van der Waals surface area contributed by atoms with Crippen molar-refractivity contribution in [2.45, 2.75) is 19.5 Å². The van der Waals surface area contributed by atoms with Crippen molar-refractivity contribution in [2.75, 3.05) is 0 Å². The molecular weight excluding hydrogens is 239 g/mol. The molecule has 1 heterocycles. The second-order valence-electron chi connectivity index (χ2n) is 3.98. The lowest BCUT2D eigenvalue weighted by Crippen LogP contribution is -2.05. The second-order valence-corrected chi connectivity index (χ2v) is 3.98. The van der Waals surface area contributed by atoms with E-state index < -0.39 is 11.7 Å². The van der Waals surface area contributed by atoms with E-state index in [0.29, 0.717) is 5.69 Å². The van der Waals surface area contributed by atoms with Gasteiger partial charge in [0.25, 0.3) is 0 Å². The average Bonchev–Trinajstić information content (AvgIpc) is 2.38. The van der Waals surface area contributed by atoms with Crippen LogP contribution in [0.15, 0.2) is 42.6 Å². The zero-order valence-electron chi connectivity index (χ0n) is 9.83. The molecular formula is C14H12F3N. The van der Waals surface area contributed by atoms with Crippen LogP contribution in [0.4, 0.5) is 13.2 Å². The molecule has 0 aliphatic heterocycles. The van der Waals surface area contributed by atoms with Crippen molar-refractivity contribution in [1.29, 1.82) is 0 Å². The van der Waals surface area contributed by atoms with E-state index in [0.717, 1.165) is 24.2 Å². The Bertz CT molecular complexity index is 512. The maximum atomic E-state index is 12.4. The highest BCUT2D eigenvalue weighted by atomic mass is 19.4. The summed E-state index contributed by atoms with van der Waals surface area (Å²) in [7, 11) is 0. The SMILES string of the molecule is CCc1ccc(-c2ccc(C(F)(F)F)cn2)cc1. The van der Waals surface area contributed by atoms with Crippen molar-refractivity contribution >= 4 is 0 Å². The molecule has 0 saturated heterocycles. The van der Waals surface area contributed by atoms with E-state index in [2.05, 4.69) is 4.98 Å². The fourth-order valence-corrected chi connectivity index (χ4v) is 1.64. The molecule has 1 nitrogen and oxygen atoms in total. The molecule has 0 atom stereocenters. The van der Waals surface area contributed by atoms with Crippen molar-refractivity contribution in [2.24, 2.45) is 0 Å². The van der Waals surface area contributed by atoms with Gasteiger partial charge in [-0.25, -0.2) is 0 Å². The number of hydrogen-bond donors (Lipinski definition) is 0. The van der Waals surface area contributed by atoms with Gasteiger partial charge < -0.3 is 0 Å². The predicted octanol–water partition coefficient (Wildman–Crippen LogP) is 4.33. The first-order valence-electron chi connectivity index (χ1n) is 5.63. The molecule has 0 aliphatic carbocycles. The van der Waals surface area contributed by atoms with Gasteiger partial charge >= 0.3 is 6.18 Å². The van der Waals surface area contributed by atoms with Crippen LogP contribution in [0.5, 0.6) is 0 Å². The van der Waals surface area contributed by atoms with Gasteiger partial charge in [0.15, 0.2) is 0 Å². The van der Waals surface area contributed by atoms with Gasteiger partial charge in [-0.2, -0.15) is 13.2 Å². The maximum absolute atomic E-state index is 12.4. The maximum Gasteiger partial charge on any atom is 0.417 e. The highest BCUT2D eigenvalue weighted by Crippen LogP contribution is 2.29. The molecule has 2 rings (SSSR count). The van der Waals surface area contributed by atoms with Gasteiger partial charge in [0.1, 0.15) is 0 Å². The van der Waals surface area contributed by atoms with E-state index in [1.54, 1.807) is 0 Å². The molecule has 0 spiro atoms. The van der Waals surface area contributed by atoms with Crippen LogP contribution < -0.4 is 0 Å². The molecule has 1 aromatic heterocycles. The van der Waals surface area contributed by atoms with E-state index >= 15 is 0 Å². The molecule has 0 unspecified atom stereocenters. The molecule has 0 N–H and O–H groups in total. The molecule has 18 heavy (non-hydrogen) atoms. The van der Waals surface area contributed by atoms with Crippen LogP contribution in [0.3, 0.4) is 0 Å². The molecule has 0 saturated carbocycles. The van der Waals surface area contributed by atoms with Crippen molar-refractivity contribution in [3.05, 3.63) is 53.7 Å². The third-order valence-electron chi connectivity index (χ3n) is 2.75. The molecule has 0 amide bonds. The summed E-state index contributed by atoms with van der Waals surface area (Å²) in [5, 5.41) is 0. The Balaban J connectivity index is 2.28. The summed E-state index contributed by atoms with van der Waals surface area (Å²) in [6, 6.07) is 10.1. The van der Waals surface area contributed by atoms with Gasteiger partial charge in [-0.15, -0.1) is 0 Å². The van der Waals surface area contributed by atoms with E-state index in [1.807, 2.05) is 31.2 Å². The minimum absolute atomic E-state index is 0.547. The summed E-state index contributed by atoms with van der Waals surface area (Å²) in [6.07, 6.45) is -2.54. The molecule has 0 bridgehead atoms. The Kier molecular flexibility index (Phi) is 3.36. The lowest BCUT2D eigenvalue weighted by molar-refractivity contribution is -0.137. The highest BCUT2D eigenvalue weighted by Gasteiger charge is 2.30. The van der Waals surface area contributed by atoms with Gasteiger partial charge in [-0.1, -0.05) is 31.2 Å². The Hall–Kier alpha value is -1.84. The lowest BCUT2D eigenvalue weighted by atomic mass is 10.1. The van der Waals surface area contributed by atoms with Crippen LogP contribution >= 0.6 is 0 Å². The third-order valence-corrected chi connectivity index (χ3v) is 2.75. The number of halogens is 3. The van der Waals surface area contributed by atoms with Crippen molar-refractivity contribution < 1.29 is 13.2 Å². The smallest absolute Gasteiger partial charge is 0.256 e. The minimum Gasteiger partial charge on any atom is -0.256 e. The number of hydrogen-bond acceptors (Lipinski definition) is 1. The van der Waals surface area contributed by atoms with Crippen LogP contribution in [-0.4, -0.2) is 4.98 Å². The summed E-state index contributed by atoms with van der Waals surface area (Å²) in [5.41, 5.74) is 1.83. The van der Waals surface area contributed by atoms with Gasteiger partial charge in [-0.3, -0.25) is 4.98 Å². The molecule has 0 radical (unpaired) electrons. The summed E-state index contributed by atoms with van der Waals surface area (Å²) >= 11 is 0. The predicted molar refractivity (Wildman–Crippen MR) is 64.1 cm³/mol. The van der Waals surface area contributed by atoms with Crippen LogP contribution in [0.2, 0.25) is 0 Å². The van der Waals surface area contributed by atoms with Crippen molar-refractivity contribution in [1.82, 2.24) is 4.98 Å². The molecule has 4 heteroatoms. The Labute approximate surface area is 103 Å². The summed E-state index contributed by atoms with van der Waals surface area (Å²) < 4.78 is 37.1. The Morgan fingerprint density at radius 2 is 1.67 bits per heavy atom. The zero-order chi connectivity index (χ0) is 13.2. The van der Waals surface area contributed by atoms with Crippen LogP contribution in [0.1, 0.15) is 18.1 Å². The number of nitrogens with zero attached hydrogens (tertiary/aromatic N) is 1. The fourth-order valence-electron chi connectivity index (χ4n) is 1.64. The first kappa shape index (κ1) is 12.6. The fraction of sp³-hybridized carbons (Fsp3) is 0.214. The standard InChI is InChI=1S/C14H12F3N/c1-2-10-3-5-11(6-4-10)13-8-7-12(9-18-13)14(15,16)17/h3-9H,2H2,1H3. The summed E-state index contributed by atoms with van der Waals surface area (Å²) in [5.74, 6) is 0. The lowest BCUT2D eigenvalue weighted by Gasteiger charge is -2.07. The van der Waals surface area contributed by atoms with Gasteiger partial charge in [0.05, 0.1) is 11.3 Å². The first-order chi connectivity index (χ1) is 8.50. The molecule has 94 valence electrons.